The van der Waals surface area contributed by atoms with Crippen molar-refractivity contribution in [1.82, 2.24) is 14.7 Å². The summed E-state index contributed by atoms with van der Waals surface area (Å²) in [7, 11) is -0.892. The van der Waals surface area contributed by atoms with Gasteiger partial charge in [0.05, 0.1) is 22.5 Å². The zero-order valence-electron chi connectivity index (χ0n) is 12.5. The highest BCUT2D eigenvalue weighted by Crippen LogP contribution is 2.22. The van der Waals surface area contributed by atoms with Gasteiger partial charge in [0, 0.05) is 36.0 Å². The molecule has 0 spiro atoms. The summed E-state index contributed by atoms with van der Waals surface area (Å²) in [4.78, 5) is 3.27. The normalized spacial score (nSPS) is 17.6. The summed E-state index contributed by atoms with van der Waals surface area (Å²) in [5, 5.41) is 4.54. The zero-order valence-corrected chi connectivity index (χ0v) is 13.3. The molecule has 4 nitrogen and oxygen atoms in total. The molecule has 21 heavy (non-hydrogen) atoms. The predicted molar refractivity (Wildman–Crippen MR) is 84.9 cm³/mol. The van der Waals surface area contributed by atoms with Gasteiger partial charge in [0.25, 0.3) is 0 Å². The fourth-order valence-corrected chi connectivity index (χ4v) is 3.92. The molecule has 0 bridgehead atoms. The Kier molecular flexibility index (Phi) is 4.22. The Hall–Kier alpha value is -1.46. The third-order valence-corrected chi connectivity index (χ3v) is 5.28. The highest BCUT2D eigenvalue weighted by atomic mass is 32.2. The molecule has 2 aromatic rings. The molecule has 1 aliphatic heterocycles. The first kappa shape index (κ1) is 14.5. The number of nitrogens with zero attached hydrogens (tertiary/aromatic N) is 3. The van der Waals surface area contributed by atoms with Gasteiger partial charge in [-0.2, -0.15) is 5.10 Å². The maximum Gasteiger partial charge on any atom is 0.0775 e. The largest absolute Gasteiger partial charge is 0.298 e. The summed E-state index contributed by atoms with van der Waals surface area (Å²) in [6.45, 7) is 7.04. The third-order valence-electron chi connectivity index (χ3n) is 3.93. The molecule has 0 amide bonds. The lowest BCUT2D eigenvalue weighted by Crippen LogP contribution is -2.49. The Morgan fingerprint density at radius 3 is 2.57 bits per heavy atom. The van der Waals surface area contributed by atoms with Gasteiger partial charge in [-0.3, -0.25) is 13.8 Å². The molecule has 5 heteroatoms. The molecule has 0 N–H and O–H groups in total. The van der Waals surface area contributed by atoms with Crippen LogP contribution in [0, 0.1) is 13.8 Å². The Labute approximate surface area is 128 Å². The van der Waals surface area contributed by atoms with E-state index in [2.05, 4.69) is 27.7 Å². The molecule has 1 aromatic carbocycles. The monoisotopic (exact) mass is 303 g/mol. The molecule has 1 fully saturated rings. The average molecular weight is 303 g/mol. The van der Waals surface area contributed by atoms with Crippen molar-refractivity contribution in [3.8, 4) is 0 Å². The zero-order chi connectivity index (χ0) is 14.8. The first-order chi connectivity index (χ1) is 10.1. The van der Waals surface area contributed by atoms with E-state index < -0.39 is 10.8 Å². The van der Waals surface area contributed by atoms with E-state index in [0.29, 0.717) is 11.8 Å². The first-order valence-electron chi connectivity index (χ1n) is 7.32. The molecule has 0 aliphatic carbocycles. The van der Waals surface area contributed by atoms with E-state index in [4.69, 9.17) is 0 Å². The van der Waals surface area contributed by atoms with Crippen molar-refractivity contribution in [1.29, 1.82) is 0 Å². The number of benzene rings is 1. The van der Waals surface area contributed by atoms with Crippen LogP contribution in [0.2, 0.25) is 0 Å². The van der Waals surface area contributed by atoms with E-state index in [1.165, 1.54) is 5.69 Å². The van der Waals surface area contributed by atoms with Crippen molar-refractivity contribution in [2.45, 2.75) is 24.8 Å². The minimum Gasteiger partial charge on any atom is -0.298 e. The lowest BCUT2D eigenvalue weighted by atomic mass is 10.1. The van der Waals surface area contributed by atoms with E-state index in [1.54, 1.807) is 0 Å². The van der Waals surface area contributed by atoms with Gasteiger partial charge in [-0.1, -0.05) is 18.2 Å². The maximum atomic E-state index is 12.2. The van der Waals surface area contributed by atoms with Gasteiger partial charge in [-0.15, -0.1) is 0 Å². The quantitative estimate of drug-likeness (QED) is 0.849. The summed E-state index contributed by atoms with van der Waals surface area (Å²) in [5.41, 5.74) is 2.31. The highest BCUT2D eigenvalue weighted by Gasteiger charge is 2.29. The van der Waals surface area contributed by atoms with Crippen LogP contribution < -0.4 is 0 Å². The highest BCUT2D eigenvalue weighted by molar-refractivity contribution is 7.85. The number of likely N-dealkylation sites (tertiary alicyclic amines) is 1. The molecular formula is C16H21N3OS. The van der Waals surface area contributed by atoms with Crippen LogP contribution in [0.5, 0.6) is 0 Å². The number of rotatable bonds is 5. The van der Waals surface area contributed by atoms with Crippen molar-refractivity contribution >= 4 is 10.8 Å². The van der Waals surface area contributed by atoms with Crippen LogP contribution in [0.4, 0.5) is 0 Å². The first-order valence-corrected chi connectivity index (χ1v) is 8.64. The van der Waals surface area contributed by atoms with Crippen LogP contribution in [-0.4, -0.2) is 44.3 Å². The summed E-state index contributed by atoms with van der Waals surface area (Å²) in [5.74, 6) is 0.702. The molecule has 1 unspecified atom stereocenters. The number of aromatic nitrogens is 2. The molecule has 112 valence electrons. The number of aryl methyl sites for hydroxylation is 2. The van der Waals surface area contributed by atoms with Gasteiger partial charge in [0.2, 0.25) is 0 Å². The van der Waals surface area contributed by atoms with Crippen LogP contribution in [0.1, 0.15) is 17.4 Å². The van der Waals surface area contributed by atoms with E-state index in [1.807, 2.05) is 37.3 Å². The standard InChI is InChI=1S/C16H21N3OS/c1-13-10-14(2)19(17-13)15-11-18(12-15)8-9-21(20)16-6-4-3-5-7-16/h3-7,10,15H,8-9,11-12H2,1-2H3. The van der Waals surface area contributed by atoms with Gasteiger partial charge >= 0.3 is 0 Å². The predicted octanol–water partition coefficient (Wildman–Crippen LogP) is 2.16. The SMILES string of the molecule is Cc1cc(C)n(C2CN(CCS(=O)c3ccccc3)C2)n1. The lowest BCUT2D eigenvalue weighted by molar-refractivity contribution is 0.105. The van der Waals surface area contributed by atoms with Crippen LogP contribution in [0.15, 0.2) is 41.3 Å². The molecule has 2 heterocycles. The molecule has 3 rings (SSSR count). The van der Waals surface area contributed by atoms with Gasteiger partial charge < -0.3 is 0 Å². The molecule has 0 radical (unpaired) electrons. The van der Waals surface area contributed by atoms with Gasteiger partial charge in [0.1, 0.15) is 0 Å². The van der Waals surface area contributed by atoms with Crippen molar-refractivity contribution in [2.24, 2.45) is 0 Å². The Morgan fingerprint density at radius 1 is 1.24 bits per heavy atom. The van der Waals surface area contributed by atoms with Crippen LogP contribution in [0.3, 0.4) is 0 Å². The second kappa shape index (κ2) is 6.12. The van der Waals surface area contributed by atoms with Gasteiger partial charge in [-0.05, 0) is 32.0 Å². The number of hydrogen-bond donors (Lipinski definition) is 0. The van der Waals surface area contributed by atoms with Crippen LogP contribution >= 0.6 is 0 Å². The molecular weight excluding hydrogens is 282 g/mol. The van der Waals surface area contributed by atoms with Crippen molar-refractivity contribution in [3.05, 3.63) is 47.8 Å². The minimum absolute atomic E-state index is 0.476. The van der Waals surface area contributed by atoms with E-state index in [0.717, 1.165) is 30.2 Å². The molecule has 1 aliphatic rings. The smallest absolute Gasteiger partial charge is 0.0775 e. The topological polar surface area (TPSA) is 38.1 Å². The summed E-state index contributed by atoms with van der Waals surface area (Å²) in [6.07, 6.45) is 0. The molecule has 0 saturated carbocycles. The van der Waals surface area contributed by atoms with Crippen LogP contribution in [-0.2, 0) is 10.8 Å². The van der Waals surface area contributed by atoms with E-state index in [9.17, 15) is 4.21 Å². The average Bonchev–Trinajstić information content (AvgIpc) is 2.76. The fourth-order valence-electron chi connectivity index (χ4n) is 2.80. The Bertz CT molecular complexity index is 632. The third kappa shape index (κ3) is 3.24. The lowest BCUT2D eigenvalue weighted by Gasteiger charge is -2.39. The molecule has 1 aromatic heterocycles. The van der Waals surface area contributed by atoms with Gasteiger partial charge in [-0.25, -0.2) is 0 Å². The molecule has 1 saturated heterocycles. The maximum absolute atomic E-state index is 12.2. The second-order valence-corrected chi connectivity index (χ2v) is 7.22. The fraction of sp³-hybridized carbons (Fsp3) is 0.438. The van der Waals surface area contributed by atoms with Crippen LogP contribution in [0.25, 0.3) is 0 Å². The van der Waals surface area contributed by atoms with E-state index in [-0.39, 0.29) is 0 Å². The van der Waals surface area contributed by atoms with E-state index >= 15 is 0 Å². The summed E-state index contributed by atoms with van der Waals surface area (Å²) >= 11 is 0. The van der Waals surface area contributed by atoms with Crippen molar-refractivity contribution in [3.63, 3.8) is 0 Å². The van der Waals surface area contributed by atoms with Gasteiger partial charge in [0.15, 0.2) is 0 Å². The Balaban J connectivity index is 1.47. The Morgan fingerprint density at radius 2 is 1.95 bits per heavy atom. The second-order valence-electron chi connectivity index (χ2n) is 5.65. The minimum atomic E-state index is -0.892. The summed E-state index contributed by atoms with van der Waals surface area (Å²) in [6, 6.07) is 12.3. The number of hydrogen-bond acceptors (Lipinski definition) is 3. The van der Waals surface area contributed by atoms with Crippen molar-refractivity contribution in [2.75, 3.05) is 25.4 Å². The molecule has 1 atom stereocenters. The summed E-state index contributed by atoms with van der Waals surface area (Å²) < 4.78 is 14.3. The van der Waals surface area contributed by atoms with Crippen molar-refractivity contribution < 1.29 is 4.21 Å².